The Morgan fingerprint density at radius 1 is 1.08 bits per heavy atom. The Bertz CT molecular complexity index is 1480. The van der Waals surface area contributed by atoms with Crippen LogP contribution in [0.4, 0.5) is 10.1 Å². The second-order valence-corrected chi connectivity index (χ2v) is 11.3. The average Bonchev–Trinajstić information content (AvgIpc) is 3.19. The lowest BCUT2D eigenvalue weighted by atomic mass is 10.0. The number of carbonyl (C=O) groups is 3. The Kier molecular flexibility index (Phi) is 6.39. The Morgan fingerprint density at radius 3 is 2.46 bits per heavy atom. The highest BCUT2D eigenvalue weighted by Crippen LogP contribution is 2.36. The Balaban J connectivity index is 1.36. The van der Waals surface area contributed by atoms with Crippen LogP contribution in [0.3, 0.4) is 0 Å². The highest BCUT2D eigenvalue weighted by atomic mass is 35.5. The van der Waals surface area contributed by atoms with Crippen LogP contribution < -0.4 is 10.2 Å². The smallest absolute Gasteiger partial charge is 0.255 e. The summed E-state index contributed by atoms with van der Waals surface area (Å²) >= 11 is 6.13. The molecule has 1 unspecified atom stereocenters. The molecule has 0 bridgehead atoms. The first-order valence-corrected chi connectivity index (χ1v) is 13.3. The van der Waals surface area contributed by atoms with E-state index >= 15 is 0 Å². The van der Waals surface area contributed by atoms with E-state index in [9.17, 15) is 27.2 Å². The van der Waals surface area contributed by atoms with Gasteiger partial charge in [-0.2, -0.15) is 9.57 Å². The molecule has 3 heterocycles. The van der Waals surface area contributed by atoms with Gasteiger partial charge in [-0.05, 0) is 36.8 Å². The molecule has 2 fully saturated rings. The second-order valence-electron chi connectivity index (χ2n) is 9.00. The summed E-state index contributed by atoms with van der Waals surface area (Å²) in [6.07, 6.45) is 0.300. The normalized spacial score (nSPS) is 20.6. The molecule has 37 heavy (non-hydrogen) atoms. The molecule has 3 aliphatic heterocycles. The summed E-state index contributed by atoms with van der Waals surface area (Å²) in [4.78, 5) is 40.0. The van der Waals surface area contributed by atoms with E-state index in [-0.39, 0.29) is 66.6 Å². The zero-order chi connectivity index (χ0) is 26.5. The number of hydrogen-bond donors (Lipinski definition) is 1. The van der Waals surface area contributed by atoms with Crippen molar-refractivity contribution < 1.29 is 27.2 Å². The fraction of sp³-hybridized carbons (Fsp3) is 0.333. The summed E-state index contributed by atoms with van der Waals surface area (Å²) in [5.41, 5.74) is 1.42. The maximum absolute atomic E-state index is 14.6. The minimum atomic E-state index is -3.93. The van der Waals surface area contributed by atoms with E-state index in [1.165, 1.54) is 33.5 Å². The van der Waals surface area contributed by atoms with Crippen LogP contribution in [0.5, 0.6) is 0 Å². The minimum Gasteiger partial charge on any atom is -0.369 e. The lowest BCUT2D eigenvalue weighted by Gasteiger charge is -2.36. The fourth-order valence-corrected chi connectivity index (χ4v) is 6.92. The van der Waals surface area contributed by atoms with Gasteiger partial charge < -0.3 is 9.80 Å². The Morgan fingerprint density at radius 2 is 1.81 bits per heavy atom. The molecule has 2 aromatic carbocycles. The zero-order valence-corrected chi connectivity index (χ0v) is 21.0. The third-order valence-corrected chi connectivity index (χ3v) is 9.24. The number of anilines is 1. The molecule has 0 aliphatic carbocycles. The van der Waals surface area contributed by atoms with Gasteiger partial charge >= 0.3 is 0 Å². The number of piperidine rings is 1. The molecular weight excluding hydrogens is 525 g/mol. The molecule has 13 heteroatoms. The fourth-order valence-electron chi connectivity index (χ4n) is 4.98. The van der Waals surface area contributed by atoms with Gasteiger partial charge in [0, 0.05) is 56.0 Å². The number of benzene rings is 2. The predicted octanol–water partition coefficient (Wildman–Crippen LogP) is 1.62. The van der Waals surface area contributed by atoms with E-state index in [1.807, 2.05) is 11.0 Å². The van der Waals surface area contributed by atoms with Crippen molar-refractivity contribution in [2.45, 2.75) is 30.3 Å². The SMILES string of the molecule is N#Cc1ccc(S(=O)(=O)N2CCN(c3cc(F)cc4c3CN(C3CCC(=O)NC3=O)C4=O)CC2)c(Cl)c1. The number of imide groups is 1. The summed E-state index contributed by atoms with van der Waals surface area (Å²) in [6.45, 7) is 0.726. The van der Waals surface area contributed by atoms with E-state index in [4.69, 9.17) is 16.9 Å². The van der Waals surface area contributed by atoms with E-state index in [0.717, 1.165) is 6.07 Å². The maximum Gasteiger partial charge on any atom is 0.255 e. The van der Waals surface area contributed by atoms with Gasteiger partial charge in [-0.25, -0.2) is 12.8 Å². The van der Waals surface area contributed by atoms with Crippen molar-refractivity contribution in [2.75, 3.05) is 31.1 Å². The Labute approximate surface area is 217 Å². The number of hydrogen-bond acceptors (Lipinski definition) is 7. The van der Waals surface area contributed by atoms with Crippen LogP contribution in [0.15, 0.2) is 35.2 Å². The van der Waals surface area contributed by atoms with Gasteiger partial charge in [-0.1, -0.05) is 11.6 Å². The monoisotopic (exact) mass is 545 g/mol. The van der Waals surface area contributed by atoms with Gasteiger partial charge in [0.2, 0.25) is 21.8 Å². The molecular formula is C24H21ClFN5O5S. The minimum absolute atomic E-state index is 0.0449. The molecule has 192 valence electrons. The van der Waals surface area contributed by atoms with Crippen LogP contribution in [0, 0.1) is 17.1 Å². The standard InChI is InChI=1S/C24H21ClFN5O5S/c25-18-9-14(12-27)1-3-21(18)37(35,36)30-7-5-29(6-8-30)20-11-15(26)10-16-17(20)13-31(24(16)34)19-2-4-22(32)28-23(19)33/h1,3,9-11,19H,2,4-8,13H2,(H,28,32,33). The molecule has 1 atom stereocenters. The van der Waals surface area contributed by atoms with E-state index in [2.05, 4.69) is 5.32 Å². The van der Waals surface area contributed by atoms with Crippen LogP contribution in [-0.2, 0) is 26.2 Å². The van der Waals surface area contributed by atoms with Crippen LogP contribution in [-0.4, -0.2) is 67.6 Å². The van der Waals surface area contributed by atoms with Crippen molar-refractivity contribution in [1.82, 2.24) is 14.5 Å². The molecule has 10 nitrogen and oxygen atoms in total. The number of carbonyl (C=O) groups excluding carboxylic acids is 3. The molecule has 2 saturated heterocycles. The molecule has 3 aliphatic rings. The number of amides is 3. The number of sulfonamides is 1. The average molecular weight is 546 g/mol. The van der Waals surface area contributed by atoms with Crippen LogP contribution in [0.1, 0.15) is 34.3 Å². The quantitative estimate of drug-likeness (QED) is 0.578. The number of rotatable bonds is 4. The van der Waals surface area contributed by atoms with Crippen molar-refractivity contribution in [3.63, 3.8) is 0 Å². The number of nitrogens with zero attached hydrogens (tertiary/aromatic N) is 4. The lowest BCUT2D eigenvalue weighted by molar-refractivity contribution is -0.136. The molecule has 0 radical (unpaired) electrons. The first-order valence-electron chi connectivity index (χ1n) is 11.5. The third kappa shape index (κ3) is 4.43. The van der Waals surface area contributed by atoms with Gasteiger partial charge in [-0.3, -0.25) is 19.7 Å². The van der Waals surface area contributed by atoms with E-state index in [1.54, 1.807) is 0 Å². The number of nitrogens with one attached hydrogen (secondary N) is 1. The van der Waals surface area contributed by atoms with E-state index < -0.39 is 39.6 Å². The summed E-state index contributed by atoms with van der Waals surface area (Å²) < 4.78 is 42.2. The number of halogens is 2. The third-order valence-electron chi connectivity index (χ3n) is 6.86. The van der Waals surface area contributed by atoms with Crippen LogP contribution in [0.2, 0.25) is 5.02 Å². The van der Waals surface area contributed by atoms with Crippen molar-refractivity contribution in [1.29, 1.82) is 5.26 Å². The van der Waals surface area contributed by atoms with Gasteiger partial charge in [0.1, 0.15) is 16.8 Å². The van der Waals surface area contributed by atoms with Crippen molar-refractivity contribution in [3.8, 4) is 6.07 Å². The topological polar surface area (TPSA) is 131 Å². The largest absolute Gasteiger partial charge is 0.369 e. The number of fused-ring (bicyclic) bond motifs is 1. The molecule has 2 aromatic rings. The van der Waals surface area contributed by atoms with Crippen molar-refractivity contribution >= 4 is 45.0 Å². The first kappa shape index (κ1) is 25.1. The summed E-state index contributed by atoms with van der Waals surface area (Å²) in [7, 11) is -3.93. The second kappa shape index (κ2) is 9.41. The summed E-state index contributed by atoms with van der Waals surface area (Å²) in [6, 6.07) is 7.52. The number of piperazine rings is 1. The maximum atomic E-state index is 14.6. The van der Waals surface area contributed by atoms with Gasteiger partial charge in [0.15, 0.2) is 0 Å². The lowest BCUT2D eigenvalue weighted by Crippen LogP contribution is -2.52. The van der Waals surface area contributed by atoms with Gasteiger partial charge in [0.05, 0.1) is 16.7 Å². The molecule has 3 amide bonds. The van der Waals surface area contributed by atoms with Gasteiger partial charge in [0.25, 0.3) is 5.91 Å². The van der Waals surface area contributed by atoms with Crippen LogP contribution in [0.25, 0.3) is 0 Å². The van der Waals surface area contributed by atoms with Gasteiger partial charge in [-0.15, -0.1) is 0 Å². The molecule has 1 N–H and O–H groups in total. The highest BCUT2D eigenvalue weighted by molar-refractivity contribution is 7.89. The first-order chi connectivity index (χ1) is 17.6. The van der Waals surface area contributed by atoms with Crippen molar-refractivity contribution in [2.24, 2.45) is 0 Å². The molecule has 5 rings (SSSR count). The van der Waals surface area contributed by atoms with E-state index in [0.29, 0.717) is 11.3 Å². The molecule has 0 aromatic heterocycles. The zero-order valence-electron chi connectivity index (χ0n) is 19.4. The highest BCUT2D eigenvalue weighted by Gasteiger charge is 2.41. The number of nitriles is 1. The summed E-state index contributed by atoms with van der Waals surface area (Å²) in [5, 5.41) is 11.2. The van der Waals surface area contributed by atoms with Crippen LogP contribution >= 0.6 is 11.6 Å². The summed E-state index contributed by atoms with van der Waals surface area (Å²) in [5.74, 6) is -2.06. The predicted molar refractivity (Wildman–Crippen MR) is 130 cm³/mol. The molecule has 0 saturated carbocycles. The Hall–Kier alpha value is -3.53. The molecule has 0 spiro atoms. The van der Waals surface area contributed by atoms with Crippen molar-refractivity contribution in [3.05, 3.63) is 57.9 Å².